The van der Waals surface area contributed by atoms with Gasteiger partial charge in [0.05, 0.1) is 52.1 Å². The summed E-state index contributed by atoms with van der Waals surface area (Å²) in [6.45, 7) is 4.36. The maximum atomic E-state index is 12.9. The molecule has 0 aromatic heterocycles. The predicted molar refractivity (Wildman–Crippen MR) is 224 cm³/mol. The van der Waals surface area contributed by atoms with Crippen LogP contribution in [0.3, 0.4) is 0 Å². The number of nitrogens with one attached hydrogen (secondary N) is 1. The monoisotopic (exact) mass is 782 g/mol. The van der Waals surface area contributed by atoms with Crippen molar-refractivity contribution in [1.82, 2.24) is 5.32 Å². The third kappa shape index (κ3) is 34.4. The van der Waals surface area contributed by atoms with Crippen molar-refractivity contribution in [1.29, 1.82) is 0 Å². The van der Waals surface area contributed by atoms with Crippen LogP contribution in [0.1, 0.15) is 129 Å². The van der Waals surface area contributed by atoms with Crippen molar-refractivity contribution in [3.8, 4) is 0 Å². The summed E-state index contributed by atoms with van der Waals surface area (Å²) in [7, 11) is 1.37. The average Bonchev–Trinajstić information content (AvgIpc) is 3.11. The van der Waals surface area contributed by atoms with Gasteiger partial charge in [-0.2, -0.15) is 0 Å². The van der Waals surface area contributed by atoms with Gasteiger partial charge in [-0.25, -0.2) is 4.57 Å². The number of phosphoric ester groups is 1. The second-order valence-electron chi connectivity index (χ2n) is 14.9. The Kier molecular flexibility index (Phi) is 32.8. The molecule has 0 aliphatic rings. The van der Waals surface area contributed by atoms with Gasteiger partial charge >= 0.3 is 7.82 Å². The molecule has 0 spiro atoms. The fourth-order valence-corrected chi connectivity index (χ4v) is 5.92. The van der Waals surface area contributed by atoms with Crippen LogP contribution >= 0.6 is 7.82 Å². The molecule has 54 heavy (non-hydrogen) atoms. The molecule has 11 heteroatoms. The molecule has 1 unspecified atom stereocenters. The highest BCUT2D eigenvalue weighted by molar-refractivity contribution is 7.47. The molecule has 0 aromatic rings. The molecule has 0 saturated heterocycles. The molecule has 312 valence electrons. The highest BCUT2D eigenvalue weighted by Crippen LogP contribution is 2.43. The summed E-state index contributed by atoms with van der Waals surface area (Å²) in [6.07, 6.45) is 37.1. The first-order valence-electron chi connectivity index (χ1n) is 20.5. The molecule has 5 atom stereocenters. The number of likely N-dealkylation sites (N-methyl/N-ethyl adjacent to an activating group) is 1. The van der Waals surface area contributed by atoms with Crippen LogP contribution in [0.25, 0.3) is 0 Å². The number of phosphoric acid groups is 1. The number of hydrogen-bond acceptors (Lipinski definition) is 7. The van der Waals surface area contributed by atoms with E-state index in [9.17, 15) is 29.6 Å². The number of amides is 1. The van der Waals surface area contributed by atoms with Crippen molar-refractivity contribution in [3.63, 3.8) is 0 Å². The van der Waals surface area contributed by atoms with Crippen LogP contribution in [-0.2, 0) is 18.4 Å². The van der Waals surface area contributed by atoms with E-state index < -0.39 is 44.7 Å². The first-order valence-corrected chi connectivity index (χ1v) is 22.0. The molecule has 5 N–H and O–H groups in total. The molecule has 1 amide bonds. The van der Waals surface area contributed by atoms with Crippen LogP contribution in [-0.4, -0.2) is 95.9 Å². The van der Waals surface area contributed by atoms with Gasteiger partial charge in [-0.3, -0.25) is 13.8 Å². The highest BCUT2D eigenvalue weighted by atomic mass is 31.2. The van der Waals surface area contributed by atoms with Gasteiger partial charge in [-0.05, 0) is 77.0 Å². The molecule has 0 rings (SSSR count). The van der Waals surface area contributed by atoms with Crippen LogP contribution in [0.5, 0.6) is 0 Å². The van der Waals surface area contributed by atoms with Gasteiger partial charge in [0.15, 0.2) is 0 Å². The van der Waals surface area contributed by atoms with E-state index in [4.69, 9.17) is 9.05 Å². The summed E-state index contributed by atoms with van der Waals surface area (Å²) in [5.74, 6) is -0.406. The lowest BCUT2D eigenvalue weighted by Crippen LogP contribution is -2.45. The van der Waals surface area contributed by atoms with Crippen LogP contribution in [0.4, 0.5) is 0 Å². The smallest absolute Gasteiger partial charge is 0.390 e. The fraction of sp³-hybridized carbons (Fsp3) is 0.698. The summed E-state index contributed by atoms with van der Waals surface area (Å²) in [4.78, 5) is 23.1. The Bertz CT molecular complexity index is 1140. The number of rotatable bonds is 35. The molecule has 0 aromatic carbocycles. The van der Waals surface area contributed by atoms with Gasteiger partial charge in [0.1, 0.15) is 13.2 Å². The standard InChI is InChI=1S/C43H77N2O8P/c1-6-8-10-12-14-16-18-20-22-23-25-27-29-32-40(46)39(38-53-54(50,51)52-37-36-45(3,4)5)44-43(49)35-31-34-42(48)41(47)33-30-28-26-24-21-19-17-15-13-11-9-7-2/h9-12,15,17,21,24,28-30,32,39-42,46-48H,6-8,13-14,16,18-20,22-23,25-27,31,33-38H2,1-5H3,(H-,44,49,50,51)/p+1/b11-9-,12-10-,17-15-,24-21-,30-28-,32-29+/t39-,40+,41+,42+/m0/s1. The van der Waals surface area contributed by atoms with Crippen LogP contribution in [0.15, 0.2) is 72.9 Å². The van der Waals surface area contributed by atoms with Crippen molar-refractivity contribution < 1.29 is 43.1 Å². The second-order valence-corrected chi connectivity index (χ2v) is 16.4. The van der Waals surface area contributed by atoms with Crippen molar-refractivity contribution in [2.45, 2.75) is 154 Å². The second kappa shape index (κ2) is 34.1. The molecule has 0 bridgehead atoms. The van der Waals surface area contributed by atoms with E-state index in [-0.39, 0.29) is 19.4 Å². The maximum Gasteiger partial charge on any atom is 0.472 e. The Morgan fingerprint density at radius 1 is 0.704 bits per heavy atom. The molecular formula is C43H78N2O8P+. The number of allylic oxidation sites excluding steroid dienone is 10. The topological polar surface area (TPSA) is 146 Å². The van der Waals surface area contributed by atoms with Crippen molar-refractivity contribution in [3.05, 3.63) is 72.9 Å². The van der Waals surface area contributed by atoms with Crippen LogP contribution in [0, 0.1) is 0 Å². The van der Waals surface area contributed by atoms with Crippen molar-refractivity contribution in [2.24, 2.45) is 0 Å². The van der Waals surface area contributed by atoms with E-state index in [1.807, 2.05) is 39.4 Å². The number of quaternary nitrogens is 1. The minimum Gasteiger partial charge on any atom is -0.390 e. The summed E-state index contributed by atoms with van der Waals surface area (Å²) < 4.78 is 23.4. The normalized spacial score (nSPS) is 16.4. The first kappa shape index (κ1) is 51.9. The highest BCUT2D eigenvalue weighted by Gasteiger charge is 2.28. The molecule has 0 fully saturated rings. The predicted octanol–water partition coefficient (Wildman–Crippen LogP) is 8.79. The van der Waals surface area contributed by atoms with E-state index in [1.54, 1.807) is 6.08 Å². The third-order valence-corrected chi connectivity index (χ3v) is 9.57. The number of aliphatic hydroxyl groups excluding tert-OH is 3. The fourth-order valence-electron chi connectivity index (χ4n) is 5.19. The summed E-state index contributed by atoms with van der Waals surface area (Å²) in [5.41, 5.74) is 0. The van der Waals surface area contributed by atoms with E-state index in [1.165, 1.54) is 25.7 Å². The third-order valence-electron chi connectivity index (χ3n) is 8.58. The van der Waals surface area contributed by atoms with Crippen molar-refractivity contribution >= 4 is 13.7 Å². The van der Waals surface area contributed by atoms with E-state index in [0.717, 1.165) is 64.2 Å². The Hall–Kier alpha value is -2.14. The van der Waals surface area contributed by atoms with Gasteiger partial charge in [0.2, 0.25) is 5.91 Å². The number of nitrogens with zero attached hydrogens (tertiary/aromatic N) is 1. The molecule has 0 aliphatic heterocycles. The zero-order valence-electron chi connectivity index (χ0n) is 34.4. The Morgan fingerprint density at radius 3 is 1.85 bits per heavy atom. The van der Waals surface area contributed by atoms with Gasteiger partial charge in [-0.1, -0.05) is 119 Å². The lowest BCUT2D eigenvalue weighted by molar-refractivity contribution is -0.870. The number of carbonyl (C=O) groups excluding carboxylic acids is 1. The van der Waals surface area contributed by atoms with Gasteiger partial charge < -0.3 is 30.0 Å². The minimum atomic E-state index is -4.42. The van der Waals surface area contributed by atoms with E-state index >= 15 is 0 Å². The number of aliphatic hydroxyl groups is 3. The number of carbonyl (C=O) groups is 1. The lowest BCUT2D eigenvalue weighted by Gasteiger charge is -2.25. The zero-order chi connectivity index (χ0) is 40.3. The first-order chi connectivity index (χ1) is 25.8. The van der Waals surface area contributed by atoms with Gasteiger partial charge in [-0.15, -0.1) is 0 Å². The van der Waals surface area contributed by atoms with Gasteiger partial charge in [0.25, 0.3) is 0 Å². The summed E-state index contributed by atoms with van der Waals surface area (Å²) >= 11 is 0. The largest absolute Gasteiger partial charge is 0.472 e. The van der Waals surface area contributed by atoms with E-state index in [2.05, 4.69) is 67.8 Å². The minimum absolute atomic E-state index is 0.00320. The number of hydrogen-bond donors (Lipinski definition) is 5. The van der Waals surface area contributed by atoms with Crippen molar-refractivity contribution in [2.75, 3.05) is 40.9 Å². The summed E-state index contributed by atoms with van der Waals surface area (Å²) in [6, 6.07) is -0.990. The Morgan fingerprint density at radius 2 is 1.26 bits per heavy atom. The Labute approximate surface area is 329 Å². The number of unbranched alkanes of at least 4 members (excludes halogenated alkanes) is 8. The van der Waals surface area contributed by atoms with Crippen LogP contribution < -0.4 is 5.32 Å². The Balaban J connectivity index is 4.79. The summed E-state index contributed by atoms with van der Waals surface area (Å²) in [5, 5.41) is 34.4. The maximum absolute atomic E-state index is 12.9. The molecular weight excluding hydrogens is 703 g/mol. The average molecular weight is 782 g/mol. The molecule has 10 nitrogen and oxygen atoms in total. The molecule has 0 heterocycles. The molecule has 0 radical (unpaired) electrons. The lowest BCUT2D eigenvalue weighted by atomic mass is 10.0. The zero-order valence-corrected chi connectivity index (χ0v) is 35.3. The molecule has 0 aliphatic carbocycles. The van der Waals surface area contributed by atoms with E-state index in [0.29, 0.717) is 23.9 Å². The van der Waals surface area contributed by atoms with Crippen LogP contribution in [0.2, 0.25) is 0 Å². The quantitative estimate of drug-likeness (QED) is 0.0186. The SMILES string of the molecule is CC/C=C\C/C=C\C/C=C\C/C=C\C[C@@H](O)[C@H](O)CCCC(=O)N[C@@H](COP(=O)(O)OCC[N+](C)(C)C)[C@H](O)/C=C/CCCCCCCC/C=C\CCC. The van der Waals surface area contributed by atoms with Gasteiger partial charge in [0, 0.05) is 6.42 Å². The molecule has 0 saturated carbocycles.